The normalized spacial score (nSPS) is 36.9. The van der Waals surface area contributed by atoms with E-state index in [1.807, 2.05) is 0 Å². The maximum absolute atomic E-state index is 12.9. The predicted octanol–water partition coefficient (Wildman–Crippen LogP) is -2.03. The fraction of sp³-hybridized carbons (Fsp3) is 0.527. The maximum atomic E-state index is 12.9. The van der Waals surface area contributed by atoms with Gasteiger partial charge < -0.3 is 129 Å². The van der Waals surface area contributed by atoms with Crippen LogP contribution in [-0.2, 0) is 28.4 Å². The van der Waals surface area contributed by atoms with Crippen LogP contribution in [0, 0.1) is 0 Å². The lowest BCUT2D eigenvalue weighted by molar-refractivity contribution is -0.354. The molecule has 83 heavy (non-hydrogen) atoms. The second kappa shape index (κ2) is 25.6. The molecule has 0 bridgehead atoms. The fourth-order valence-corrected chi connectivity index (χ4v) is 10.3. The smallest absolute Gasteiger partial charge is 0.229 e. The molecule has 4 fully saturated rings. The van der Waals surface area contributed by atoms with Gasteiger partial charge in [-0.15, -0.1) is 0 Å². The van der Waals surface area contributed by atoms with Crippen molar-refractivity contribution in [1.29, 1.82) is 0 Å². The van der Waals surface area contributed by atoms with Crippen molar-refractivity contribution in [1.82, 2.24) is 0 Å². The molecule has 28 nitrogen and oxygen atoms in total. The summed E-state index contributed by atoms with van der Waals surface area (Å²) in [6.45, 7) is 1.45. The summed E-state index contributed by atoms with van der Waals surface area (Å²) in [5, 5.41) is 154. The molecule has 0 amide bonds. The third kappa shape index (κ3) is 12.8. The number of phenols is 3. The molecule has 4 aromatic carbocycles. The molecule has 1 unspecified atom stereocenters. The van der Waals surface area contributed by atoms with Crippen LogP contribution >= 0.6 is 0 Å². The Labute approximate surface area is 471 Å². The Kier molecular flexibility index (Phi) is 19.0. The number of ketones is 2. The number of carbonyl (C=O) groups is 2. The average molecular weight is 1180 g/mol. The first-order chi connectivity index (χ1) is 39.5. The van der Waals surface area contributed by atoms with Crippen molar-refractivity contribution >= 4 is 11.6 Å². The number of Topliss-reactive ketones (excluding diaryl/α,β-unsaturated/α-hetero) is 2. The Bertz CT molecular complexity index is 2880. The quantitative estimate of drug-likeness (QED) is 0.0686. The molecule has 6 aliphatic heterocycles. The first-order valence-electron chi connectivity index (χ1n) is 26.4. The van der Waals surface area contributed by atoms with Crippen LogP contribution in [-0.4, -0.2) is 231 Å². The molecule has 0 saturated carbocycles. The Balaban J connectivity index is 0.000000200. The zero-order chi connectivity index (χ0) is 59.9. The highest BCUT2D eigenvalue weighted by molar-refractivity contribution is 6.03. The van der Waals surface area contributed by atoms with Crippen molar-refractivity contribution < 1.29 is 138 Å². The van der Waals surface area contributed by atoms with Gasteiger partial charge in [0.15, 0.2) is 36.4 Å². The zero-order valence-electron chi connectivity index (χ0n) is 44.5. The van der Waals surface area contributed by atoms with Crippen LogP contribution in [0.3, 0.4) is 0 Å². The average Bonchev–Trinajstić information content (AvgIpc) is 3.61. The first-order valence-corrected chi connectivity index (χ1v) is 26.4. The van der Waals surface area contributed by atoms with Crippen molar-refractivity contribution in [2.24, 2.45) is 0 Å². The third-order valence-electron chi connectivity index (χ3n) is 15.1. The Morgan fingerprint density at radius 1 is 0.458 bits per heavy atom. The minimum atomic E-state index is -1.75. The lowest BCUT2D eigenvalue weighted by Gasteiger charge is -2.45. The summed E-state index contributed by atoms with van der Waals surface area (Å²) in [6.07, 6.45) is -31.9. The molecule has 454 valence electrons. The van der Waals surface area contributed by atoms with E-state index in [4.69, 9.17) is 52.1 Å². The fourth-order valence-electron chi connectivity index (χ4n) is 10.3. The van der Waals surface area contributed by atoms with E-state index in [9.17, 15) is 86.2 Å². The predicted molar refractivity (Wildman–Crippen MR) is 273 cm³/mol. The molecule has 28 heteroatoms. The van der Waals surface area contributed by atoms with E-state index < -0.39 is 166 Å². The number of ether oxygens (including phenoxy) is 11. The topological polar surface area (TPSA) is 439 Å². The molecule has 6 aliphatic rings. The van der Waals surface area contributed by atoms with Gasteiger partial charge in [-0.25, -0.2) is 0 Å². The van der Waals surface area contributed by atoms with Crippen LogP contribution in [0.4, 0.5) is 0 Å². The summed E-state index contributed by atoms with van der Waals surface area (Å²) < 4.78 is 62.5. The highest BCUT2D eigenvalue weighted by Crippen LogP contribution is 2.45. The molecule has 4 aromatic rings. The van der Waals surface area contributed by atoms with Crippen molar-refractivity contribution in [2.45, 2.75) is 162 Å². The highest BCUT2D eigenvalue weighted by Gasteiger charge is 2.53. The summed E-state index contributed by atoms with van der Waals surface area (Å²) in [4.78, 5) is 25.8. The Morgan fingerprint density at radius 3 is 1.22 bits per heavy atom. The number of carbonyl (C=O) groups excluding carboxylic acids is 2. The van der Waals surface area contributed by atoms with Gasteiger partial charge in [0.05, 0.1) is 45.4 Å². The SMILES string of the molecule is COc1ccc([C@@H]2CC(=O)c3c(O)cc(O[C@@H]4O[C@H](CO)[C@@H](O)[C@H](O)[C@H]4O[C@@H]4O[C@@H](C)[C@H](O)[C@@H](O)[C@H]4O)cc3O2)cc1.C[C@@H]1O[C@@H](O[C@H]2[C@H](Oc3cc(O)c4c(c3)OC(c3ccc(O)cc3)CC4=O)O[C@H](CO)[C@@H](O)[C@@H]2O)[C@H](O)[C@H](O)[C@H]1O. The number of aliphatic hydroxyl groups is 12. The van der Waals surface area contributed by atoms with Gasteiger partial charge in [0.25, 0.3) is 0 Å². The number of phenolic OH excluding ortho intramolecular Hbond substituents is 3. The van der Waals surface area contributed by atoms with E-state index >= 15 is 0 Å². The van der Waals surface area contributed by atoms with Crippen molar-refractivity contribution in [3.05, 3.63) is 95.1 Å². The minimum absolute atomic E-state index is 0.0149. The number of hydrogen-bond donors (Lipinski definition) is 15. The van der Waals surface area contributed by atoms with Crippen LogP contribution in [0.2, 0.25) is 0 Å². The molecule has 4 saturated heterocycles. The molecule has 0 aromatic heterocycles. The van der Waals surface area contributed by atoms with Gasteiger partial charge in [-0.2, -0.15) is 0 Å². The summed E-state index contributed by atoms with van der Waals surface area (Å²) in [5.74, 6) is -1.19. The van der Waals surface area contributed by atoms with E-state index in [1.165, 1.54) is 45.2 Å². The molecule has 22 atom stereocenters. The lowest BCUT2D eigenvalue weighted by atomic mass is 9.95. The summed E-state index contributed by atoms with van der Waals surface area (Å²) in [5.41, 5.74) is 1.18. The molecule has 10 rings (SSSR count). The standard InChI is InChI=1S/C28H34O14.C27H32O14/c1-11-21(32)23(34)25(36)27(38-11)42-26-24(35)22(33)19(10-29)41-28(26)39-14-7-15(30)20-16(31)9-17(40-18(20)8-14)12-3-5-13(37-2)6-4-12;1-10-20(32)22(34)24(36)26(37-10)41-25-23(35)21(33)18(9-28)40-27(25)38-13-6-14(30)19-15(31)8-16(39-17(19)7-13)11-2-4-12(29)5-3-11/h3-8,11,17,19,21-30,32-36H,9-10H2,1-2H3;2-7,10,16,18,20-30,32-36H,8-9H2,1H3/t11-,17-,19+,21-,22+,23+,24-,25+,26+,27-,28+;10-,16?,18+,20-,21+,22+,23-,24+,25+,26-,27+/m00/s1. The van der Waals surface area contributed by atoms with Gasteiger partial charge in [0.1, 0.15) is 143 Å². The van der Waals surface area contributed by atoms with E-state index in [0.717, 1.165) is 12.1 Å². The molecular weight excluding hydrogens is 1110 g/mol. The first kappa shape index (κ1) is 61.5. The minimum Gasteiger partial charge on any atom is -0.508 e. The largest absolute Gasteiger partial charge is 0.508 e. The van der Waals surface area contributed by atoms with E-state index in [-0.39, 0.29) is 58.5 Å². The van der Waals surface area contributed by atoms with Crippen LogP contribution < -0.4 is 23.7 Å². The van der Waals surface area contributed by atoms with Gasteiger partial charge in [-0.1, -0.05) is 24.3 Å². The van der Waals surface area contributed by atoms with Crippen LogP contribution in [0.5, 0.6) is 46.0 Å². The number of aromatic hydroxyl groups is 3. The van der Waals surface area contributed by atoms with Crippen LogP contribution in [0.15, 0.2) is 72.8 Å². The molecular formula is C55H66O28. The third-order valence-corrected chi connectivity index (χ3v) is 15.1. The number of fused-ring (bicyclic) bond motifs is 2. The Morgan fingerprint density at radius 2 is 0.843 bits per heavy atom. The van der Waals surface area contributed by atoms with E-state index in [0.29, 0.717) is 16.9 Å². The Hall–Kier alpha value is -6.10. The van der Waals surface area contributed by atoms with E-state index in [1.54, 1.807) is 36.4 Å². The zero-order valence-corrected chi connectivity index (χ0v) is 44.5. The van der Waals surface area contributed by atoms with Gasteiger partial charge in [-0.05, 0) is 49.2 Å². The molecule has 0 spiro atoms. The van der Waals surface area contributed by atoms with Crippen LogP contribution in [0.1, 0.15) is 70.7 Å². The molecule has 15 N–H and O–H groups in total. The molecule has 6 heterocycles. The van der Waals surface area contributed by atoms with Crippen molar-refractivity contribution in [3.8, 4) is 46.0 Å². The summed E-state index contributed by atoms with van der Waals surface area (Å²) in [7, 11) is 1.53. The number of methoxy groups -OCH3 is 1. The number of hydrogen-bond acceptors (Lipinski definition) is 28. The summed E-state index contributed by atoms with van der Waals surface area (Å²) in [6, 6.07) is 17.9. The summed E-state index contributed by atoms with van der Waals surface area (Å²) >= 11 is 0. The lowest BCUT2D eigenvalue weighted by Crippen LogP contribution is -2.64. The van der Waals surface area contributed by atoms with Gasteiger partial charge in [0, 0.05) is 24.3 Å². The second-order valence-corrected chi connectivity index (χ2v) is 20.7. The van der Waals surface area contributed by atoms with Gasteiger partial charge >= 0.3 is 0 Å². The maximum Gasteiger partial charge on any atom is 0.229 e. The molecule has 0 aliphatic carbocycles. The van der Waals surface area contributed by atoms with Crippen molar-refractivity contribution in [2.75, 3.05) is 20.3 Å². The number of aliphatic hydroxyl groups excluding tert-OH is 12. The van der Waals surface area contributed by atoms with Gasteiger partial charge in [-0.3, -0.25) is 9.59 Å². The second-order valence-electron chi connectivity index (χ2n) is 20.7. The monoisotopic (exact) mass is 1170 g/mol. The van der Waals surface area contributed by atoms with E-state index in [2.05, 4.69) is 0 Å². The van der Waals surface area contributed by atoms with Gasteiger partial charge in [0.2, 0.25) is 12.6 Å². The highest BCUT2D eigenvalue weighted by atomic mass is 16.8. The van der Waals surface area contributed by atoms with Crippen molar-refractivity contribution in [3.63, 3.8) is 0 Å². The number of benzene rings is 4. The number of rotatable bonds is 13. The van der Waals surface area contributed by atoms with Crippen LogP contribution in [0.25, 0.3) is 0 Å². The molecule has 0 radical (unpaired) electrons.